The summed E-state index contributed by atoms with van der Waals surface area (Å²) < 4.78 is 0. The second-order valence-electron chi connectivity index (χ2n) is 18.3. The van der Waals surface area contributed by atoms with Crippen molar-refractivity contribution in [3.63, 3.8) is 0 Å². The van der Waals surface area contributed by atoms with Gasteiger partial charge in [-0.25, -0.2) is 4.79 Å². The van der Waals surface area contributed by atoms with Gasteiger partial charge in [0.15, 0.2) is 0 Å². The lowest BCUT2D eigenvalue weighted by molar-refractivity contribution is -0.153. The molecule has 13 nitrogen and oxygen atoms in total. The predicted octanol–water partition coefficient (Wildman–Crippen LogP) is 3.19. The van der Waals surface area contributed by atoms with Crippen molar-refractivity contribution < 1.29 is 33.6 Å². The molecular weight excluding hydrogens is 652 g/mol. The van der Waals surface area contributed by atoms with E-state index in [4.69, 9.17) is 0 Å². The van der Waals surface area contributed by atoms with Crippen molar-refractivity contribution in [3.05, 3.63) is 0 Å². The Morgan fingerprint density at radius 1 is 0.843 bits per heavy atom. The van der Waals surface area contributed by atoms with E-state index in [9.17, 15) is 33.6 Å². The first-order valence-electron chi connectivity index (χ1n) is 19.2. The molecule has 0 bridgehead atoms. The Hall–Kier alpha value is -3.51. The standard InChI is InChI=1S/C38H60N6O7/c1-36(2,3)26(21-43-27(45)18-37(4,5)19-28(43)46)42-35(51)41-25-15-13-11-9-8-10-12-14-24(31(47)33(49)39-22-16-17-22)40-32(48)30-29-23(38(29,6)7)20-44(30)34(25)50/h22-26,29-30H,8-21H2,1-7H3,(H,39,49)(H,40,48)(H2,41,42,51)/t23-,24+,25+,26+,29-,30-/m0/s1. The normalized spacial score (nSPS) is 30.5. The molecule has 5 aliphatic rings. The Morgan fingerprint density at radius 2 is 1.43 bits per heavy atom. The number of likely N-dealkylation sites (tertiary alicyclic amines) is 1. The number of Topliss-reactive ketones (excluding diaryl/α,β-unsaturated/α-hetero) is 1. The number of urea groups is 1. The van der Waals surface area contributed by atoms with E-state index in [1.165, 1.54) is 4.90 Å². The highest BCUT2D eigenvalue weighted by molar-refractivity contribution is 6.38. The molecule has 13 heteroatoms. The van der Waals surface area contributed by atoms with Crippen LogP contribution in [0.3, 0.4) is 0 Å². The van der Waals surface area contributed by atoms with Crippen LogP contribution in [0.1, 0.15) is 126 Å². The van der Waals surface area contributed by atoms with Crippen molar-refractivity contribution in [2.45, 2.75) is 156 Å². The number of rotatable bonds is 7. The number of imide groups is 1. The van der Waals surface area contributed by atoms with Gasteiger partial charge in [-0.2, -0.15) is 0 Å². The van der Waals surface area contributed by atoms with Crippen molar-refractivity contribution in [2.75, 3.05) is 13.1 Å². The fourth-order valence-electron chi connectivity index (χ4n) is 8.33. The summed E-state index contributed by atoms with van der Waals surface area (Å²) in [7, 11) is 0. The quantitative estimate of drug-likeness (QED) is 0.232. The first-order chi connectivity index (χ1) is 23.8. The van der Waals surface area contributed by atoms with E-state index in [1.807, 2.05) is 34.6 Å². The SMILES string of the molecule is CC1(C)CC(=O)N(C[C@@H](NC(=O)N[C@@H]2CCCCCCCC[C@H](C(=O)C(=O)NC3CC3)NC(=O)[C@@H]3[C@@H]4[C@H](CN3C2=O)C4(C)C)C(C)(C)C)C(=O)C1. The monoisotopic (exact) mass is 712 g/mol. The second-order valence-corrected chi connectivity index (χ2v) is 18.3. The van der Waals surface area contributed by atoms with Crippen LogP contribution in [-0.4, -0.2) is 94.4 Å². The molecular formula is C38H60N6O7. The van der Waals surface area contributed by atoms with Crippen LogP contribution >= 0.6 is 0 Å². The molecule has 0 aromatic carbocycles. The van der Waals surface area contributed by atoms with Crippen molar-refractivity contribution >= 4 is 41.4 Å². The Morgan fingerprint density at radius 3 is 2.02 bits per heavy atom. The molecule has 2 aliphatic carbocycles. The molecule has 0 spiro atoms. The van der Waals surface area contributed by atoms with Crippen molar-refractivity contribution in [3.8, 4) is 0 Å². The van der Waals surface area contributed by atoms with Gasteiger partial charge in [0.1, 0.15) is 12.1 Å². The maximum atomic E-state index is 14.4. The molecule has 0 unspecified atom stereocenters. The Bertz CT molecular complexity index is 1400. The summed E-state index contributed by atoms with van der Waals surface area (Å²) in [5.41, 5.74) is -1.12. The number of nitrogens with one attached hydrogen (secondary N) is 4. The zero-order valence-corrected chi connectivity index (χ0v) is 31.7. The molecule has 0 aromatic heterocycles. The second kappa shape index (κ2) is 14.8. The lowest BCUT2D eigenvalue weighted by atomic mass is 9.80. The van der Waals surface area contributed by atoms with Gasteiger partial charge >= 0.3 is 6.03 Å². The zero-order chi connectivity index (χ0) is 37.5. The van der Waals surface area contributed by atoms with Crippen molar-refractivity contribution in [1.29, 1.82) is 0 Å². The number of nitrogens with zero attached hydrogens (tertiary/aromatic N) is 2. The molecule has 3 aliphatic heterocycles. The molecule has 2 saturated carbocycles. The third kappa shape index (κ3) is 9.11. The summed E-state index contributed by atoms with van der Waals surface area (Å²) >= 11 is 0. The van der Waals surface area contributed by atoms with E-state index >= 15 is 0 Å². The largest absolute Gasteiger partial charge is 0.347 e. The summed E-state index contributed by atoms with van der Waals surface area (Å²) in [4.78, 5) is 97.0. The van der Waals surface area contributed by atoms with Crippen LogP contribution in [0, 0.1) is 28.1 Å². The third-order valence-electron chi connectivity index (χ3n) is 11.9. The molecule has 0 aromatic rings. The molecule has 4 N–H and O–H groups in total. The fourth-order valence-corrected chi connectivity index (χ4v) is 8.33. The van der Waals surface area contributed by atoms with Gasteiger partial charge < -0.3 is 26.2 Å². The fraction of sp³-hybridized carbons (Fsp3) is 0.816. The minimum Gasteiger partial charge on any atom is -0.347 e. The van der Waals surface area contributed by atoms with E-state index in [0.29, 0.717) is 32.2 Å². The molecule has 5 fully saturated rings. The molecule has 3 saturated heterocycles. The van der Waals surface area contributed by atoms with Gasteiger partial charge in [0.2, 0.25) is 29.4 Å². The number of carbonyl (C=O) groups is 7. The molecule has 51 heavy (non-hydrogen) atoms. The summed E-state index contributed by atoms with van der Waals surface area (Å²) in [6, 6.07) is -3.88. The first kappa shape index (κ1) is 38.7. The smallest absolute Gasteiger partial charge is 0.315 e. The van der Waals surface area contributed by atoms with Crippen LogP contribution < -0.4 is 21.3 Å². The topological polar surface area (TPSA) is 174 Å². The van der Waals surface area contributed by atoms with E-state index in [2.05, 4.69) is 35.1 Å². The first-order valence-corrected chi connectivity index (χ1v) is 19.2. The maximum Gasteiger partial charge on any atom is 0.315 e. The lowest BCUT2D eigenvalue weighted by Crippen LogP contribution is -2.61. The van der Waals surface area contributed by atoms with Crippen LogP contribution in [0.4, 0.5) is 4.79 Å². The average Bonchev–Trinajstić information content (AvgIpc) is 3.87. The number of hydrogen-bond donors (Lipinski definition) is 4. The van der Waals surface area contributed by atoms with E-state index in [1.54, 1.807) is 4.90 Å². The minimum atomic E-state index is -0.974. The number of hydrogen-bond acceptors (Lipinski definition) is 7. The maximum absolute atomic E-state index is 14.4. The molecule has 0 radical (unpaired) electrons. The number of carbonyl (C=O) groups excluding carboxylic acids is 7. The summed E-state index contributed by atoms with van der Waals surface area (Å²) in [5.74, 6) is -2.67. The average molecular weight is 713 g/mol. The minimum absolute atomic E-state index is 0.0119. The number of amides is 7. The predicted molar refractivity (Wildman–Crippen MR) is 190 cm³/mol. The number of piperidine rings is 2. The van der Waals surface area contributed by atoms with Crippen LogP contribution in [0.15, 0.2) is 0 Å². The summed E-state index contributed by atoms with van der Waals surface area (Å²) in [5, 5.41) is 11.5. The summed E-state index contributed by atoms with van der Waals surface area (Å²) in [6.45, 7) is 14.1. The van der Waals surface area contributed by atoms with Gasteiger partial charge in [0.05, 0.1) is 12.1 Å². The number of ketones is 1. The molecule has 3 heterocycles. The van der Waals surface area contributed by atoms with E-state index in [0.717, 1.165) is 38.5 Å². The molecule has 6 atom stereocenters. The summed E-state index contributed by atoms with van der Waals surface area (Å²) in [6.07, 6.45) is 7.78. The highest BCUT2D eigenvalue weighted by Gasteiger charge is 2.69. The van der Waals surface area contributed by atoms with Crippen molar-refractivity contribution in [2.24, 2.45) is 28.1 Å². The van der Waals surface area contributed by atoms with Gasteiger partial charge in [-0.15, -0.1) is 0 Å². The van der Waals surface area contributed by atoms with Crippen LogP contribution in [0.25, 0.3) is 0 Å². The van der Waals surface area contributed by atoms with E-state index < -0.39 is 58.6 Å². The van der Waals surface area contributed by atoms with E-state index in [-0.39, 0.29) is 60.4 Å². The van der Waals surface area contributed by atoms with Gasteiger partial charge in [0.25, 0.3) is 5.91 Å². The van der Waals surface area contributed by atoms with Gasteiger partial charge in [0, 0.05) is 32.0 Å². The third-order valence-corrected chi connectivity index (χ3v) is 11.9. The molecule has 7 amide bonds. The van der Waals surface area contributed by atoms with Gasteiger partial charge in [-0.1, -0.05) is 87.0 Å². The Labute approximate surface area is 302 Å². The highest BCUT2D eigenvalue weighted by Crippen LogP contribution is 2.65. The van der Waals surface area contributed by atoms with Gasteiger partial charge in [-0.3, -0.25) is 33.7 Å². The van der Waals surface area contributed by atoms with Crippen LogP contribution in [-0.2, 0) is 28.8 Å². The lowest BCUT2D eigenvalue weighted by Gasteiger charge is -2.40. The number of fused-ring (bicyclic) bond motifs is 3. The molecule has 284 valence electrons. The molecule has 5 rings (SSSR count). The van der Waals surface area contributed by atoms with Crippen LogP contribution in [0.2, 0.25) is 0 Å². The Balaban J connectivity index is 1.33. The zero-order valence-electron chi connectivity index (χ0n) is 31.7. The van der Waals surface area contributed by atoms with Crippen LogP contribution in [0.5, 0.6) is 0 Å². The van der Waals surface area contributed by atoms with Gasteiger partial charge in [-0.05, 0) is 53.8 Å². The Kier molecular flexibility index (Phi) is 11.3. The highest BCUT2D eigenvalue weighted by atomic mass is 16.2. The van der Waals surface area contributed by atoms with Crippen molar-refractivity contribution in [1.82, 2.24) is 31.1 Å².